The second kappa shape index (κ2) is 7.20. The highest BCUT2D eigenvalue weighted by Gasteiger charge is 2.25. The molecule has 2 aliphatic carbocycles. The van der Waals surface area contributed by atoms with Gasteiger partial charge < -0.3 is 15.4 Å². The first-order chi connectivity index (χ1) is 12.7. The van der Waals surface area contributed by atoms with Gasteiger partial charge in [0.05, 0.1) is 11.3 Å². The van der Waals surface area contributed by atoms with Crippen molar-refractivity contribution in [1.29, 1.82) is 0 Å². The molecule has 0 atom stereocenters. The van der Waals surface area contributed by atoms with E-state index in [1.807, 2.05) is 12.1 Å². The molecule has 0 heterocycles. The van der Waals surface area contributed by atoms with E-state index >= 15 is 0 Å². The Hall–Kier alpha value is -2.82. The summed E-state index contributed by atoms with van der Waals surface area (Å²) >= 11 is 0. The van der Waals surface area contributed by atoms with E-state index in [0.29, 0.717) is 17.0 Å². The van der Waals surface area contributed by atoms with Gasteiger partial charge in [0, 0.05) is 6.04 Å². The number of benzene rings is 2. The number of hydrogen-bond donors (Lipinski definition) is 2. The molecule has 26 heavy (non-hydrogen) atoms. The van der Waals surface area contributed by atoms with E-state index in [-0.39, 0.29) is 24.5 Å². The quantitative estimate of drug-likeness (QED) is 0.841. The minimum atomic E-state index is -0.280. The van der Waals surface area contributed by atoms with Gasteiger partial charge in [0.15, 0.2) is 6.61 Å². The lowest BCUT2D eigenvalue weighted by Crippen LogP contribution is -2.28. The van der Waals surface area contributed by atoms with E-state index < -0.39 is 0 Å². The molecule has 0 saturated heterocycles. The van der Waals surface area contributed by atoms with Crippen molar-refractivity contribution < 1.29 is 14.3 Å². The van der Waals surface area contributed by atoms with E-state index in [1.165, 1.54) is 17.5 Å². The van der Waals surface area contributed by atoms with Crippen LogP contribution in [0.5, 0.6) is 5.75 Å². The van der Waals surface area contributed by atoms with Gasteiger partial charge in [-0.3, -0.25) is 9.59 Å². The van der Waals surface area contributed by atoms with Gasteiger partial charge in [-0.1, -0.05) is 18.2 Å². The van der Waals surface area contributed by atoms with E-state index in [2.05, 4.69) is 16.7 Å². The van der Waals surface area contributed by atoms with Crippen LogP contribution >= 0.6 is 0 Å². The predicted molar refractivity (Wildman–Crippen MR) is 99.5 cm³/mol. The summed E-state index contributed by atoms with van der Waals surface area (Å²) in [5.41, 5.74) is 3.67. The van der Waals surface area contributed by atoms with Gasteiger partial charge in [-0.2, -0.15) is 0 Å². The Bertz CT molecular complexity index is 843. The molecule has 2 amide bonds. The highest BCUT2D eigenvalue weighted by Crippen LogP contribution is 2.26. The number of nitrogens with one attached hydrogen (secondary N) is 2. The lowest BCUT2D eigenvalue weighted by atomic mass is 10.1. The van der Waals surface area contributed by atoms with Crippen LogP contribution < -0.4 is 15.4 Å². The van der Waals surface area contributed by atoms with E-state index in [4.69, 9.17) is 4.74 Å². The number of aryl methyl sites for hydroxylation is 2. The van der Waals surface area contributed by atoms with Crippen LogP contribution in [0.25, 0.3) is 0 Å². The Kier molecular flexibility index (Phi) is 4.61. The first-order valence-corrected chi connectivity index (χ1v) is 9.13. The molecule has 2 aliphatic rings. The van der Waals surface area contributed by atoms with Gasteiger partial charge in [0.25, 0.3) is 11.8 Å². The number of rotatable bonds is 6. The molecule has 4 rings (SSSR count). The zero-order valence-corrected chi connectivity index (χ0v) is 14.6. The van der Waals surface area contributed by atoms with Crippen LogP contribution in [-0.4, -0.2) is 24.5 Å². The maximum Gasteiger partial charge on any atom is 0.262 e. The minimum absolute atomic E-state index is 0.0859. The lowest BCUT2D eigenvalue weighted by Gasteiger charge is -2.12. The second-order valence-corrected chi connectivity index (χ2v) is 6.91. The fourth-order valence-electron chi connectivity index (χ4n) is 3.25. The molecular weight excluding hydrogens is 328 g/mol. The van der Waals surface area contributed by atoms with Crippen molar-refractivity contribution in [3.63, 3.8) is 0 Å². The molecule has 1 fully saturated rings. The summed E-state index contributed by atoms with van der Waals surface area (Å²) in [7, 11) is 0. The molecule has 0 radical (unpaired) electrons. The van der Waals surface area contributed by atoms with Crippen molar-refractivity contribution in [1.82, 2.24) is 5.32 Å². The summed E-state index contributed by atoms with van der Waals surface area (Å²) in [6.45, 7) is -0.0859. The fraction of sp³-hybridized carbons (Fsp3) is 0.333. The normalized spacial score (nSPS) is 15.2. The average Bonchev–Trinajstić information content (AvgIpc) is 3.33. The van der Waals surface area contributed by atoms with Crippen molar-refractivity contribution in [3.05, 3.63) is 59.2 Å². The van der Waals surface area contributed by atoms with Crippen molar-refractivity contribution in [2.75, 3.05) is 11.9 Å². The summed E-state index contributed by atoms with van der Waals surface area (Å²) in [6, 6.07) is 13.3. The van der Waals surface area contributed by atoms with Gasteiger partial charge in [0.2, 0.25) is 0 Å². The van der Waals surface area contributed by atoms with E-state index in [0.717, 1.165) is 25.7 Å². The Balaban J connectivity index is 1.36. The van der Waals surface area contributed by atoms with Gasteiger partial charge in [-0.15, -0.1) is 0 Å². The molecule has 2 N–H and O–H groups in total. The Morgan fingerprint density at radius 2 is 1.85 bits per heavy atom. The molecule has 0 spiro atoms. The highest BCUT2D eigenvalue weighted by molar-refractivity contribution is 6.04. The van der Waals surface area contributed by atoms with Gasteiger partial charge in [-0.05, 0) is 67.5 Å². The van der Waals surface area contributed by atoms with Crippen LogP contribution in [0.1, 0.15) is 40.7 Å². The summed E-state index contributed by atoms with van der Waals surface area (Å²) in [5.74, 6) is 0.278. The van der Waals surface area contributed by atoms with E-state index in [9.17, 15) is 9.59 Å². The topological polar surface area (TPSA) is 67.4 Å². The SMILES string of the molecule is O=C(COc1ccc2c(c1)CCC2)Nc1ccccc1C(=O)NC1CC1. The molecule has 1 saturated carbocycles. The maximum atomic E-state index is 12.3. The van der Waals surface area contributed by atoms with Crippen molar-refractivity contribution in [2.45, 2.75) is 38.1 Å². The first kappa shape index (κ1) is 16.6. The number of ether oxygens (including phenoxy) is 1. The number of amides is 2. The average molecular weight is 350 g/mol. The Morgan fingerprint density at radius 3 is 2.69 bits per heavy atom. The monoisotopic (exact) mass is 350 g/mol. The third-order valence-corrected chi connectivity index (χ3v) is 4.80. The van der Waals surface area contributed by atoms with E-state index in [1.54, 1.807) is 24.3 Å². The smallest absolute Gasteiger partial charge is 0.262 e. The highest BCUT2D eigenvalue weighted by atomic mass is 16.5. The first-order valence-electron chi connectivity index (χ1n) is 9.13. The third-order valence-electron chi connectivity index (χ3n) is 4.80. The van der Waals surface area contributed by atoms with Gasteiger partial charge in [-0.25, -0.2) is 0 Å². The molecule has 0 unspecified atom stereocenters. The number of fused-ring (bicyclic) bond motifs is 1. The summed E-state index contributed by atoms with van der Waals surface area (Å²) < 4.78 is 5.63. The molecule has 134 valence electrons. The van der Waals surface area contributed by atoms with Gasteiger partial charge >= 0.3 is 0 Å². The molecule has 2 aromatic rings. The largest absolute Gasteiger partial charge is 0.484 e. The number of carbonyl (C=O) groups excluding carboxylic acids is 2. The van der Waals surface area contributed by atoms with Crippen LogP contribution in [0.15, 0.2) is 42.5 Å². The van der Waals surface area contributed by atoms with Crippen molar-refractivity contribution in [2.24, 2.45) is 0 Å². The minimum Gasteiger partial charge on any atom is -0.484 e. The predicted octanol–water partition coefficient (Wildman–Crippen LogP) is 3.09. The Labute approximate surface area is 152 Å². The molecule has 0 aromatic heterocycles. The third kappa shape index (κ3) is 3.87. The number of carbonyl (C=O) groups is 2. The van der Waals surface area contributed by atoms with Crippen LogP contribution in [-0.2, 0) is 17.6 Å². The van der Waals surface area contributed by atoms with Gasteiger partial charge in [0.1, 0.15) is 5.75 Å². The fourth-order valence-corrected chi connectivity index (χ4v) is 3.25. The van der Waals surface area contributed by atoms with Crippen LogP contribution in [0, 0.1) is 0 Å². The molecule has 0 bridgehead atoms. The molecule has 5 nitrogen and oxygen atoms in total. The molecule has 5 heteroatoms. The second-order valence-electron chi connectivity index (χ2n) is 6.91. The van der Waals surface area contributed by atoms with Crippen LogP contribution in [0.3, 0.4) is 0 Å². The Morgan fingerprint density at radius 1 is 1.04 bits per heavy atom. The maximum absolute atomic E-state index is 12.3. The van der Waals surface area contributed by atoms with Crippen LogP contribution in [0.2, 0.25) is 0 Å². The number of hydrogen-bond acceptors (Lipinski definition) is 3. The number of anilines is 1. The zero-order valence-electron chi connectivity index (χ0n) is 14.6. The van der Waals surface area contributed by atoms with Crippen LogP contribution in [0.4, 0.5) is 5.69 Å². The van der Waals surface area contributed by atoms with Crippen molar-refractivity contribution >= 4 is 17.5 Å². The summed E-state index contributed by atoms with van der Waals surface area (Å²) in [6.07, 6.45) is 5.42. The van der Waals surface area contributed by atoms with Crippen molar-refractivity contribution in [3.8, 4) is 5.75 Å². The summed E-state index contributed by atoms with van der Waals surface area (Å²) in [4.78, 5) is 24.6. The standard InChI is InChI=1S/C21H22N2O3/c24-20(13-26-17-11-8-14-4-3-5-15(14)12-17)23-19-7-2-1-6-18(19)21(25)22-16-9-10-16/h1-2,6-8,11-12,16H,3-5,9-10,13H2,(H,22,25)(H,23,24). The summed E-state index contributed by atoms with van der Waals surface area (Å²) in [5, 5.41) is 5.73. The molecule has 0 aliphatic heterocycles. The zero-order chi connectivity index (χ0) is 17.9. The molecule has 2 aromatic carbocycles. The molecular formula is C21H22N2O3. The lowest BCUT2D eigenvalue weighted by molar-refractivity contribution is -0.118. The number of para-hydroxylation sites is 1.